The van der Waals surface area contributed by atoms with Crippen LogP contribution < -0.4 is 5.32 Å². The molecule has 3 rings (SSSR count). The quantitative estimate of drug-likeness (QED) is 0.706. The van der Waals surface area contributed by atoms with Crippen molar-refractivity contribution in [3.63, 3.8) is 0 Å². The molecule has 1 saturated carbocycles. The number of carbonyl (C=O) groups is 1. The van der Waals surface area contributed by atoms with E-state index in [4.69, 9.17) is 4.74 Å². The fourth-order valence-electron chi connectivity index (χ4n) is 3.42. The number of carbonyl (C=O) groups excluding carboxylic acids is 1. The van der Waals surface area contributed by atoms with E-state index < -0.39 is 0 Å². The maximum Gasteiger partial charge on any atom is 0.171 e. The Hall–Kier alpha value is -0.410. The summed E-state index contributed by atoms with van der Waals surface area (Å²) < 4.78 is 5.85. The highest BCUT2D eigenvalue weighted by molar-refractivity contribution is 5.92. The van der Waals surface area contributed by atoms with Crippen LogP contribution in [-0.4, -0.2) is 30.6 Å². The second kappa shape index (κ2) is 3.56. The molecule has 3 heteroatoms. The summed E-state index contributed by atoms with van der Waals surface area (Å²) >= 11 is 0. The maximum absolute atomic E-state index is 12.4. The van der Waals surface area contributed by atoms with Crippen LogP contribution >= 0.6 is 0 Å². The molecule has 2 atom stereocenters. The van der Waals surface area contributed by atoms with Crippen LogP contribution in [-0.2, 0) is 9.53 Å². The molecule has 2 heterocycles. The molecular formula is C12H19NO2. The van der Waals surface area contributed by atoms with Crippen LogP contribution in [0.1, 0.15) is 38.5 Å². The molecule has 0 aromatic heterocycles. The van der Waals surface area contributed by atoms with E-state index in [9.17, 15) is 4.79 Å². The fourth-order valence-corrected chi connectivity index (χ4v) is 3.42. The predicted molar refractivity (Wildman–Crippen MR) is 56.7 cm³/mol. The summed E-state index contributed by atoms with van der Waals surface area (Å²) in [7, 11) is 0. The van der Waals surface area contributed by atoms with E-state index in [1.807, 2.05) is 0 Å². The molecule has 1 aliphatic carbocycles. The second-order valence-corrected chi connectivity index (χ2v) is 5.19. The van der Waals surface area contributed by atoms with Gasteiger partial charge in [0.15, 0.2) is 5.78 Å². The largest absolute Gasteiger partial charge is 0.366 e. The minimum atomic E-state index is -0.352. The van der Waals surface area contributed by atoms with Crippen molar-refractivity contribution in [3.8, 4) is 0 Å². The number of ether oxygens (including phenoxy) is 1. The highest BCUT2D eigenvalue weighted by Gasteiger charge is 2.52. The van der Waals surface area contributed by atoms with Crippen molar-refractivity contribution < 1.29 is 9.53 Å². The molecule has 3 nitrogen and oxygen atoms in total. The Morgan fingerprint density at radius 1 is 1.27 bits per heavy atom. The van der Waals surface area contributed by atoms with Crippen molar-refractivity contribution >= 4 is 5.78 Å². The Balaban J connectivity index is 1.75. The third-order valence-electron chi connectivity index (χ3n) is 4.32. The van der Waals surface area contributed by atoms with Gasteiger partial charge < -0.3 is 10.1 Å². The number of Topliss-reactive ketones (excluding diaryl/α,β-unsaturated/α-hetero) is 1. The van der Waals surface area contributed by atoms with Gasteiger partial charge in [0.05, 0.1) is 12.5 Å². The molecule has 0 aromatic carbocycles. The zero-order chi connectivity index (χ0) is 10.3. The topological polar surface area (TPSA) is 38.3 Å². The number of nitrogens with one attached hydrogen (secondary N) is 1. The van der Waals surface area contributed by atoms with Gasteiger partial charge in [-0.25, -0.2) is 0 Å². The lowest BCUT2D eigenvalue weighted by Crippen LogP contribution is -2.40. The van der Waals surface area contributed by atoms with E-state index in [1.54, 1.807) is 0 Å². The van der Waals surface area contributed by atoms with Gasteiger partial charge in [0.2, 0.25) is 0 Å². The molecule has 2 unspecified atom stereocenters. The molecule has 3 fully saturated rings. The van der Waals surface area contributed by atoms with E-state index in [0.29, 0.717) is 18.4 Å². The minimum Gasteiger partial charge on any atom is -0.366 e. The molecule has 2 saturated heterocycles. The standard InChI is InChI=1S/C12H19NO2/c14-11-9(10-4-3-7-13-10)8-15-12(11)5-1-2-6-12/h9-10,13H,1-8H2. The van der Waals surface area contributed by atoms with E-state index in [2.05, 4.69) is 5.32 Å². The third-order valence-corrected chi connectivity index (χ3v) is 4.32. The first-order valence-corrected chi connectivity index (χ1v) is 6.23. The van der Waals surface area contributed by atoms with Crippen LogP contribution in [0.3, 0.4) is 0 Å². The van der Waals surface area contributed by atoms with Crippen molar-refractivity contribution in [3.05, 3.63) is 0 Å². The van der Waals surface area contributed by atoms with Gasteiger partial charge in [-0.3, -0.25) is 4.79 Å². The van der Waals surface area contributed by atoms with Crippen LogP contribution in [0.15, 0.2) is 0 Å². The smallest absolute Gasteiger partial charge is 0.171 e. The summed E-state index contributed by atoms with van der Waals surface area (Å²) in [5.41, 5.74) is -0.352. The lowest BCUT2D eigenvalue weighted by atomic mass is 9.86. The monoisotopic (exact) mass is 209 g/mol. The summed E-state index contributed by atoms with van der Waals surface area (Å²) in [4.78, 5) is 12.4. The van der Waals surface area contributed by atoms with Crippen molar-refractivity contribution in [1.29, 1.82) is 0 Å². The Labute approximate surface area is 90.6 Å². The molecule has 0 radical (unpaired) electrons. The van der Waals surface area contributed by atoms with Crippen LogP contribution in [0.2, 0.25) is 0 Å². The van der Waals surface area contributed by atoms with Crippen LogP contribution in [0, 0.1) is 5.92 Å². The highest BCUT2D eigenvalue weighted by atomic mass is 16.5. The summed E-state index contributed by atoms with van der Waals surface area (Å²) in [6.07, 6.45) is 6.62. The molecule has 1 spiro atoms. The zero-order valence-corrected chi connectivity index (χ0v) is 9.13. The summed E-state index contributed by atoms with van der Waals surface area (Å²) in [5.74, 6) is 0.546. The predicted octanol–water partition coefficient (Wildman–Crippen LogP) is 1.27. The van der Waals surface area contributed by atoms with Gasteiger partial charge in [-0.1, -0.05) is 0 Å². The first-order chi connectivity index (χ1) is 7.32. The van der Waals surface area contributed by atoms with Crippen LogP contribution in [0.4, 0.5) is 0 Å². The summed E-state index contributed by atoms with van der Waals surface area (Å²) in [5, 5.41) is 3.43. The van der Waals surface area contributed by atoms with Gasteiger partial charge in [0.1, 0.15) is 5.60 Å². The first-order valence-electron chi connectivity index (χ1n) is 6.23. The van der Waals surface area contributed by atoms with Crippen LogP contribution in [0.25, 0.3) is 0 Å². The average molecular weight is 209 g/mol. The molecule has 15 heavy (non-hydrogen) atoms. The Morgan fingerprint density at radius 2 is 2.07 bits per heavy atom. The molecule has 84 valence electrons. The van der Waals surface area contributed by atoms with Gasteiger partial charge in [-0.2, -0.15) is 0 Å². The van der Waals surface area contributed by atoms with Crippen molar-refractivity contribution in [2.24, 2.45) is 5.92 Å². The molecular weight excluding hydrogens is 190 g/mol. The van der Waals surface area contributed by atoms with Crippen LogP contribution in [0.5, 0.6) is 0 Å². The minimum absolute atomic E-state index is 0.144. The molecule has 0 amide bonds. The molecule has 1 N–H and O–H groups in total. The lowest BCUT2D eigenvalue weighted by Gasteiger charge is -2.21. The maximum atomic E-state index is 12.4. The molecule has 3 aliphatic rings. The third kappa shape index (κ3) is 1.44. The van der Waals surface area contributed by atoms with Crippen molar-refractivity contribution in [2.75, 3.05) is 13.2 Å². The molecule has 0 bridgehead atoms. The van der Waals surface area contributed by atoms with Gasteiger partial charge in [-0.15, -0.1) is 0 Å². The Bertz CT molecular complexity index is 265. The van der Waals surface area contributed by atoms with E-state index in [0.717, 1.165) is 38.6 Å². The molecule has 2 aliphatic heterocycles. The van der Waals surface area contributed by atoms with Crippen molar-refractivity contribution in [2.45, 2.75) is 50.2 Å². The summed E-state index contributed by atoms with van der Waals surface area (Å²) in [6, 6.07) is 0.400. The van der Waals surface area contributed by atoms with Gasteiger partial charge in [-0.05, 0) is 45.1 Å². The normalized spacial score (nSPS) is 39.3. The van der Waals surface area contributed by atoms with E-state index in [-0.39, 0.29) is 11.5 Å². The van der Waals surface area contributed by atoms with Gasteiger partial charge >= 0.3 is 0 Å². The van der Waals surface area contributed by atoms with E-state index >= 15 is 0 Å². The Morgan fingerprint density at radius 3 is 2.73 bits per heavy atom. The molecule has 0 aromatic rings. The fraction of sp³-hybridized carbons (Fsp3) is 0.917. The zero-order valence-electron chi connectivity index (χ0n) is 9.13. The number of ketones is 1. The number of rotatable bonds is 1. The number of hydrogen-bond donors (Lipinski definition) is 1. The van der Waals surface area contributed by atoms with Crippen molar-refractivity contribution in [1.82, 2.24) is 5.32 Å². The average Bonchev–Trinajstić information content (AvgIpc) is 2.93. The first kappa shape index (κ1) is 9.79. The van der Waals surface area contributed by atoms with Gasteiger partial charge in [0.25, 0.3) is 0 Å². The second-order valence-electron chi connectivity index (χ2n) is 5.19. The summed E-state index contributed by atoms with van der Waals surface area (Å²) in [6.45, 7) is 1.73. The van der Waals surface area contributed by atoms with Gasteiger partial charge in [0, 0.05) is 6.04 Å². The number of hydrogen-bond acceptors (Lipinski definition) is 3. The lowest BCUT2D eigenvalue weighted by molar-refractivity contribution is -0.132. The Kier molecular flexibility index (Phi) is 2.33. The SMILES string of the molecule is O=C1C(C2CCCN2)COC12CCCC2. The van der Waals surface area contributed by atoms with E-state index in [1.165, 1.54) is 6.42 Å². The highest BCUT2D eigenvalue weighted by Crippen LogP contribution is 2.42.